The van der Waals surface area contributed by atoms with Gasteiger partial charge in [0, 0.05) is 16.5 Å². The molecule has 0 aliphatic heterocycles. The van der Waals surface area contributed by atoms with Gasteiger partial charge < -0.3 is 4.98 Å². The molecule has 0 radical (unpaired) electrons. The number of hydrogen-bond donors (Lipinski definition) is 1. The quantitative estimate of drug-likeness (QED) is 0.718. The second kappa shape index (κ2) is 6.90. The number of halogens is 1. The van der Waals surface area contributed by atoms with Gasteiger partial charge in [0.2, 0.25) is 0 Å². The summed E-state index contributed by atoms with van der Waals surface area (Å²) in [5.74, 6) is 0.221. The second-order valence-electron chi connectivity index (χ2n) is 5.42. The Morgan fingerprint density at radius 3 is 2.71 bits per heavy atom. The Morgan fingerprint density at radius 1 is 1.17 bits per heavy atom. The lowest BCUT2D eigenvalue weighted by Gasteiger charge is -2.08. The van der Waals surface area contributed by atoms with E-state index in [9.17, 15) is 9.18 Å². The number of aromatic amines is 1. The van der Waals surface area contributed by atoms with Crippen molar-refractivity contribution < 1.29 is 4.39 Å². The van der Waals surface area contributed by atoms with Gasteiger partial charge in [0.15, 0.2) is 0 Å². The molecule has 0 saturated heterocycles. The molecule has 0 aliphatic carbocycles. The normalized spacial score (nSPS) is 10.7. The number of thioether (sulfide) groups is 1. The van der Waals surface area contributed by atoms with Crippen molar-refractivity contribution in [3.8, 4) is 6.07 Å². The van der Waals surface area contributed by atoms with Crippen LogP contribution in [0.1, 0.15) is 23.6 Å². The minimum atomic E-state index is -0.486. The third-order valence-corrected chi connectivity index (χ3v) is 4.93. The molecule has 5 heteroatoms. The molecule has 1 N–H and O–H groups in total. The molecule has 0 saturated carbocycles. The number of rotatable bonds is 4. The molecule has 3 rings (SSSR count). The largest absolute Gasteiger partial charge is 0.315 e. The van der Waals surface area contributed by atoms with Gasteiger partial charge in [-0.3, -0.25) is 4.79 Å². The van der Waals surface area contributed by atoms with Crippen LogP contribution in [0.25, 0.3) is 10.8 Å². The highest BCUT2D eigenvalue weighted by molar-refractivity contribution is 7.98. The summed E-state index contributed by atoms with van der Waals surface area (Å²) in [4.78, 5) is 14.8. The van der Waals surface area contributed by atoms with E-state index in [1.54, 1.807) is 6.07 Å². The van der Waals surface area contributed by atoms with Gasteiger partial charge in [-0.1, -0.05) is 31.2 Å². The van der Waals surface area contributed by atoms with Crippen LogP contribution >= 0.6 is 11.8 Å². The molecule has 120 valence electrons. The fourth-order valence-electron chi connectivity index (χ4n) is 2.60. The SMILES string of the molecule is CCc1cccc(CSc2[nH]c(=O)c(C#N)c3cc(F)ccc23)c1. The number of aromatic nitrogens is 1. The minimum Gasteiger partial charge on any atom is -0.315 e. The summed E-state index contributed by atoms with van der Waals surface area (Å²) in [6, 6.07) is 14.3. The maximum absolute atomic E-state index is 13.5. The zero-order valence-electron chi connectivity index (χ0n) is 13.1. The van der Waals surface area contributed by atoms with E-state index in [0.717, 1.165) is 12.0 Å². The summed E-state index contributed by atoms with van der Waals surface area (Å²) in [6.45, 7) is 2.10. The minimum absolute atomic E-state index is 0.0539. The van der Waals surface area contributed by atoms with Crippen LogP contribution in [0.15, 0.2) is 52.3 Å². The molecule has 3 aromatic rings. The first-order valence-corrected chi connectivity index (χ1v) is 8.57. The van der Waals surface area contributed by atoms with E-state index < -0.39 is 11.4 Å². The van der Waals surface area contributed by atoms with E-state index in [0.29, 0.717) is 21.6 Å². The number of benzene rings is 2. The third kappa shape index (κ3) is 3.19. The number of nitrogens with zero attached hydrogens (tertiary/aromatic N) is 1. The number of pyridine rings is 1. The third-order valence-electron chi connectivity index (χ3n) is 3.84. The molecule has 3 nitrogen and oxygen atoms in total. The molecule has 0 atom stereocenters. The molecule has 0 bridgehead atoms. The van der Waals surface area contributed by atoms with Crippen molar-refractivity contribution in [2.24, 2.45) is 0 Å². The summed E-state index contributed by atoms with van der Waals surface area (Å²) in [6.07, 6.45) is 0.967. The number of nitrogens with one attached hydrogen (secondary N) is 1. The highest BCUT2D eigenvalue weighted by Crippen LogP contribution is 2.29. The first-order valence-electron chi connectivity index (χ1n) is 7.58. The first-order chi connectivity index (χ1) is 11.6. The number of hydrogen-bond acceptors (Lipinski definition) is 3. The maximum atomic E-state index is 13.5. The summed E-state index contributed by atoms with van der Waals surface area (Å²) in [7, 11) is 0. The van der Waals surface area contributed by atoms with Crippen molar-refractivity contribution >= 4 is 22.5 Å². The van der Waals surface area contributed by atoms with Crippen LogP contribution in [0.3, 0.4) is 0 Å². The van der Waals surface area contributed by atoms with Crippen LogP contribution in [0.4, 0.5) is 4.39 Å². The first kappa shape index (κ1) is 16.3. The lowest BCUT2D eigenvalue weighted by atomic mass is 10.1. The Labute approximate surface area is 143 Å². The number of fused-ring (bicyclic) bond motifs is 1. The smallest absolute Gasteiger partial charge is 0.267 e. The summed E-state index contributed by atoms with van der Waals surface area (Å²) >= 11 is 1.47. The topological polar surface area (TPSA) is 56.6 Å². The molecule has 0 unspecified atom stereocenters. The number of nitriles is 1. The van der Waals surface area contributed by atoms with Crippen molar-refractivity contribution in [3.63, 3.8) is 0 Å². The van der Waals surface area contributed by atoms with Crippen molar-refractivity contribution in [3.05, 3.63) is 75.3 Å². The number of aryl methyl sites for hydroxylation is 1. The van der Waals surface area contributed by atoms with Crippen LogP contribution < -0.4 is 5.56 Å². The molecule has 24 heavy (non-hydrogen) atoms. The van der Waals surface area contributed by atoms with Gasteiger partial charge in [0.1, 0.15) is 17.4 Å². The van der Waals surface area contributed by atoms with Gasteiger partial charge in [-0.15, -0.1) is 11.8 Å². The van der Waals surface area contributed by atoms with E-state index in [4.69, 9.17) is 5.26 Å². The van der Waals surface area contributed by atoms with Crippen LogP contribution in [0.5, 0.6) is 0 Å². The van der Waals surface area contributed by atoms with E-state index in [1.165, 1.54) is 29.5 Å². The van der Waals surface area contributed by atoms with E-state index in [1.807, 2.05) is 18.2 Å². The van der Waals surface area contributed by atoms with Gasteiger partial charge >= 0.3 is 0 Å². The van der Waals surface area contributed by atoms with Crippen LogP contribution in [-0.4, -0.2) is 4.98 Å². The van der Waals surface area contributed by atoms with Crippen LogP contribution in [0, 0.1) is 17.1 Å². The second-order valence-corrected chi connectivity index (χ2v) is 6.41. The van der Waals surface area contributed by atoms with Crippen LogP contribution in [0.2, 0.25) is 0 Å². The molecule has 0 fully saturated rings. The van der Waals surface area contributed by atoms with Crippen molar-refractivity contribution in [2.75, 3.05) is 0 Å². The summed E-state index contributed by atoms with van der Waals surface area (Å²) in [5, 5.41) is 10.9. The van der Waals surface area contributed by atoms with Gasteiger partial charge in [-0.05, 0) is 35.7 Å². The molecular formula is C19H15FN2OS. The summed E-state index contributed by atoms with van der Waals surface area (Å²) < 4.78 is 13.5. The Bertz CT molecular complexity index is 1000. The average Bonchev–Trinajstić information content (AvgIpc) is 2.59. The van der Waals surface area contributed by atoms with Gasteiger partial charge in [0.05, 0.1) is 5.03 Å². The van der Waals surface area contributed by atoms with E-state index >= 15 is 0 Å². The molecule has 1 aromatic heterocycles. The number of H-pyrrole nitrogens is 1. The zero-order valence-corrected chi connectivity index (χ0v) is 13.9. The fourth-order valence-corrected chi connectivity index (χ4v) is 3.59. The molecule has 0 aliphatic rings. The van der Waals surface area contributed by atoms with Crippen LogP contribution in [-0.2, 0) is 12.2 Å². The zero-order chi connectivity index (χ0) is 17.1. The highest BCUT2D eigenvalue weighted by Gasteiger charge is 2.12. The fraction of sp³-hybridized carbons (Fsp3) is 0.158. The predicted molar refractivity (Wildman–Crippen MR) is 94.6 cm³/mol. The summed E-state index contributed by atoms with van der Waals surface area (Å²) in [5.41, 5.74) is 1.87. The average molecular weight is 338 g/mol. The Hall–Kier alpha value is -2.58. The van der Waals surface area contributed by atoms with Crippen molar-refractivity contribution in [1.82, 2.24) is 4.98 Å². The van der Waals surface area contributed by atoms with Crippen molar-refractivity contribution in [1.29, 1.82) is 5.26 Å². The monoisotopic (exact) mass is 338 g/mol. The molecule has 0 spiro atoms. The van der Waals surface area contributed by atoms with Gasteiger partial charge in [-0.2, -0.15) is 5.26 Å². The lowest BCUT2D eigenvalue weighted by Crippen LogP contribution is -2.12. The van der Waals surface area contributed by atoms with E-state index in [2.05, 4.69) is 24.0 Å². The Morgan fingerprint density at radius 2 is 1.96 bits per heavy atom. The maximum Gasteiger partial charge on any atom is 0.267 e. The molecule has 1 heterocycles. The highest BCUT2D eigenvalue weighted by atomic mass is 32.2. The van der Waals surface area contributed by atoms with Crippen molar-refractivity contribution in [2.45, 2.75) is 24.1 Å². The lowest BCUT2D eigenvalue weighted by molar-refractivity contribution is 0.629. The molecule has 0 amide bonds. The Balaban J connectivity index is 2.01. The predicted octanol–water partition coefficient (Wildman–Crippen LogP) is 4.39. The van der Waals surface area contributed by atoms with Gasteiger partial charge in [0.25, 0.3) is 5.56 Å². The Kier molecular flexibility index (Phi) is 4.68. The molecule has 2 aromatic carbocycles. The van der Waals surface area contributed by atoms with E-state index in [-0.39, 0.29) is 5.56 Å². The standard InChI is InChI=1S/C19H15FN2OS/c1-2-12-4-3-5-13(8-12)11-24-19-15-7-6-14(20)9-16(15)17(10-21)18(23)22-19/h3-9H,2,11H2,1H3,(H,22,23). The molecular weight excluding hydrogens is 323 g/mol. The van der Waals surface area contributed by atoms with Gasteiger partial charge in [-0.25, -0.2) is 4.39 Å².